The van der Waals surface area contributed by atoms with Crippen molar-refractivity contribution in [3.05, 3.63) is 0 Å². The van der Waals surface area contributed by atoms with E-state index in [0.717, 1.165) is 18.5 Å². The predicted molar refractivity (Wildman–Crippen MR) is 66.9 cm³/mol. The molecule has 0 heterocycles. The molecule has 0 aromatic rings. The first-order valence-electron chi connectivity index (χ1n) is 6.41. The van der Waals surface area contributed by atoms with Gasteiger partial charge in [0.15, 0.2) is 0 Å². The van der Waals surface area contributed by atoms with Crippen LogP contribution in [0.3, 0.4) is 0 Å². The summed E-state index contributed by atoms with van der Waals surface area (Å²) in [5.74, 6) is 0.743. The van der Waals surface area contributed by atoms with Gasteiger partial charge in [-0.15, -0.1) is 0 Å². The minimum Gasteiger partial charge on any atom is -0.324 e. The van der Waals surface area contributed by atoms with Gasteiger partial charge in [-0.05, 0) is 32.6 Å². The van der Waals surface area contributed by atoms with Crippen LogP contribution < -0.4 is 5.73 Å². The predicted octanol–water partition coefficient (Wildman–Crippen LogP) is 2.62. The minimum absolute atomic E-state index is 0.0581. The van der Waals surface area contributed by atoms with Crippen LogP contribution in [0.5, 0.6) is 0 Å². The highest BCUT2D eigenvalue weighted by molar-refractivity contribution is 4.84. The van der Waals surface area contributed by atoms with E-state index in [1.807, 2.05) is 0 Å². The molecule has 0 amide bonds. The third-order valence-electron chi connectivity index (χ3n) is 3.05. The first kappa shape index (κ1) is 13.0. The molecule has 1 aliphatic rings. The Balaban J connectivity index is 2.52. The van der Waals surface area contributed by atoms with Gasteiger partial charge < -0.3 is 5.73 Å². The third kappa shape index (κ3) is 4.98. The second-order valence-electron chi connectivity index (χ2n) is 6.25. The fraction of sp³-hybridized carbons (Fsp3) is 1.00. The van der Waals surface area contributed by atoms with Gasteiger partial charge in [-0.3, -0.25) is 4.90 Å². The Morgan fingerprint density at radius 2 is 1.80 bits per heavy atom. The van der Waals surface area contributed by atoms with E-state index >= 15 is 0 Å². The standard InChI is InChI=1S/C13H28N2/c1-11(2)9-15(10-13(3,4)14)12-7-5-6-8-12/h11-12H,5-10,14H2,1-4H3. The van der Waals surface area contributed by atoms with Crippen LogP contribution in [0, 0.1) is 5.92 Å². The molecule has 0 spiro atoms. The summed E-state index contributed by atoms with van der Waals surface area (Å²) in [6.07, 6.45) is 5.57. The Kier molecular flexibility index (Phi) is 4.60. The van der Waals surface area contributed by atoms with E-state index in [1.54, 1.807) is 0 Å². The summed E-state index contributed by atoms with van der Waals surface area (Å²) < 4.78 is 0. The van der Waals surface area contributed by atoms with Crippen molar-refractivity contribution in [3.8, 4) is 0 Å². The van der Waals surface area contributed by atoms with Crippen LogP contribution in [0.25, 0.3) is 0 Å². The first-order valence-corrected chi connectivity index (χ1v) is 6.41. The van der Waals surface area contributed by atoms with Crippen LogP contribution in [0.4, 0.5) is 0 Å². The van der Waals surface area contributed by atoms with Crippen molar-refractivity contribution in [3.63, 3.8) is 0 Å². The second-order valence-corrected chi connectivity index (χ2v) is 6.25. The highest BCUT2D eigenvalue weighted by Gasteiger charge is 2.26. The second kappa shape index (κ2) is 5.31. The number of nitrogens with zero attached hydrogens (tertiary/aromatic N) is 1. The van der Waals surface area contributed by atoms with E-state index in [9.17, 15) is 0 Å². The van der Waals surface area contributed by atoms with Crippen LogP contribution in [0.15, 0.2) is 0 Å². The zero-order chi connectivity index (χ0) is 11.5. The van der Waals surface area contributed by atoms with E-state index in [0.29, 0.717) is 0 Å². The first-order chi connectivity index (χ1) is 6.88. The van der Waals surface area contributed by atoms with E-state index in [1.165, 1.54) is 32.2 Å². The van der Waals surface area contributed by atoms with Crippen molar-refractivity contribution in [1.82, 2.24) is 4.90 Å². The third-order valence-corrected chi connectivity index (χ3v) is 3.05. The van der Waals surface area contributed by atoms with E-state index in [2.05, 4.69) is 32.6 Å². The van der Waals surface area contributed by atoms with E-state index in [-0.39, 0.29) is 5.54 Å². The van der Waals surface area contributed by atoms with Crippen LogP contribution in [0.1, 0.15) is 53.4 Å². The Bertz CT molecular complexity index is 175. The average Bonchev–Trinajstić information content (AvgIpc) is 2.50. The molecule has 90 valence electrons. The van der Waals surface area contributed by atoms with Gasteiger partial charge in [-0.1, -0.05) is 26.7 Å². The van der Waals surface area contributed by atoms with Gasteiger partial charge in [0.05, 0.1) is 0 Å². The van der Waals surface area contributed by atoms with Crippen LogP contribution in [-0.4, -0.2) is 29.6 Å². The molecule has 1 saturated carbocycles. The summed E-state index contributed by atoms with van der Waals surface area (Å²) >= 11 is 0. The molecular formula is C13H28N2. The smallest absolute Gasteiger partial charge is 0.0226 e. The molecule has 0 aliphatic heterocycles. The monoisotopic (exact) mass is 212 g/mol. The Morgan fingerprint density at radius 3 is 2.20 bits per heavy atom. The molecule has 1 aliphatic carbocycles. The maximum Gasteiger partial charge on any atom is 0.0226 e. The fourth-order valence-electron chi connectivity index (χ4n) is 2.60. The van der Waals surface area contributed by atoms with Gasteiger partial charge >= 0.3 is 0 Å². The van der Waals surface area contributed by atoms with Gasteiger partial charge in [-0.25, -0.2) is 0 Å². The van der Waals surface area contributed by atoms with Crippen molar-refractivity contribution < 1.29 is 0 Å². The Morgan fingerprint density at radius 1 is 1.27 bits per heavy atom. The normalized spacial score (nSPS) is 19.4. The maximum absolute atomic E-state index is 6.14. The summed E-state index contributed by atoms with van der Waals surface area (Å²) in [5.41, 5.74) is 6.08. The van der Waals surface area contributed by atoms with Gasteiger partial charge in [0.1, 0.15) is 0 Å². The molecule has 2 heteroatoms. The van der Waals surface area contributed by atoms with Crippen LogP contribution in [0.2, 0.25) is 0 Å². The zero-order valence-corrected chi connectivity index (χ0v) is 10.9. The molecule has 0 unspecified atom stereocenters. The molecule has 2 nitrogen and oxygen atoms in total. The van der Waals surface area contributed by atoms with Crippen LogP contribution >= 0.6 is 0 Å². The minimum atomic E-state index is -0.0581. The lowest BCUT2D eigenvalue weighted by atomic mass is 10.0. The lowest BCUT2D eigenvalue weighted by Crippen LogP contribution is -2.49. The summed E-state index contributed by atoms with van der Waals surface area (Å²) in [6, 6.07) is 0.801. The van der Waals surface area contributed by atoms with Crippen molar-refractivity contribution >= 4 is 0 Å². The summed E-state index contributed by atoms with van der Waals surface area (Å²) in [5, 5.41) is 0. The van der Waals surface area contributed by atoms with E-state index < -0.39 is 0 Å². The summed E-state index contributed by atoms with van der Waals surface area (Å²) in [4.78, 5) is 2.62. The van der Waals surface area contributed by atoms with Crippen molar-refractivity contribution in [1.29, 1.82) is 0 Å². The largest absolute Gasteiger partial charge is 0.324 e. The lowest BCUT2D eigenvalue weighted by Gasteiger charge is -2.35. The zero-order valence-electron chi connectivity index (χ0n) is 10.9. The maximum atomic E-state index is 6.14. The average molecular weight is 212 g/mol. The topological polar surface area (TPSA) is 29.3 Å². The molecule has 1 fully saturated rings. The molecule has 0 aromatic heterocycles. The summed E-state index contributed by atoms with van der Waals surface area (Å²) in [6.45, 7) is 11.1. The van der Waals surface area contributed by atoms with Gasteiger partial charge in [0, 0.05) is 24.7 Å². The number of nitrogens with two attached hydrogens (primary N) is 1. The van der Waals surface area contributed by atoms with Crippen molar-refractivity contribution in [2.75, 3.05) is 13.1 Å². The Hall–Kier alpha value is -0.0800. The molecule has 2 N–H and O–H groups in total. The van der Waals surface area contributed by atoms with Crippen LogP contribution in [-0.2, 0) is 0 Å². The molecule has 15 heavy (non-hydrogen) atoms. The number of hydrogen-bond acceptors (Lipinski definition) is 2. The number of hydrogen-bond donors (Lipinski definition) is 1. The Labute approximate surface area is 95.2 Å². The molecule has 1 rings (SSSR count). The van der Waals surface area contributed by atoms with Gasteiger partial charge in [-0.2, -0.15) is 0 Å². The van der Waals surface area contributed by atoms with Crippen molar-refractivity contribution in [2.24, 2.45) is 11.7 Å². The lowest BCUT2D eigenvalue weighted by molar-refractivity contribution is 0.147. The SMILES string of the molecule is CC(C)CN(CC(C)(C)N)C1CCCC1. The highest BCUT2D eigenvalue weighted by atomic mass is 15.2. The molecule has 0 bridgehead atoms. The molecule has 0 saturated heterocycles. The molecule has 0 atom stereocenters. The summed E-state index contributed by atoms with van der Waals surface area (Å²) in [7, 11) is 0. The molecule has 0 radical (unpaired) electrons. The fourth-order valence-corrected chi connectivity index (χ4v) is 2.60. The molecule has 0 aromatic carbocycles. The van der Waals surface area contributed by atoms with E-state index in [4.69, 9.17) is 5.73 Å². The highest BCUT2D eigenvalue weighted by Crippen LogP contribution is 2.25. The van der Waals surface area contributed by atoms with Gasteiger partial charge in [0.2, 0.25) is 0 Å². The quantitative estimate of drug-likeness (QED) is 0.759. The van der Waals surface area contributed by atoms with Gasteiger partial charge in [0.25, 0.3) is 0 Å². The molecular weight excluding hydrogens is 184 g/mol. The van der Waals surface area contributed by atoms with Crippen molar-refractivity contribution in [2.45, 2.75) is 65.0 Å². The number of rotatable bonds is 5.